The summed E-state index contributed by atoms with van der Waals surface area (Å²) in [4.78, 5) is 25.6. The first-order valence-corrected chi connectivity index (χ1v) is 9.41. The van der Waals surface area contributed by atoms with E-state index in [1.807, 2.05) is 46.0 Å². The smallest absolute Gasteiger partial charge is 0.335 e. The van der Waals surface area contributed by atoms with Gasteiger partial charge in [-0.15, -0.1) is 0 Å². The molecule has 2 aromatic carbocycles. The molecular weight excluding hydrogens is 356 g/mol. The summed E-state index contributed by atoms with van der Waals surface area (Å²) in [5, 5.41) is 20.1. The highest BCUT2D eigenvalue weighted by Crippen LogP contribution is 2.33. The molecule has 0 amide bonds. The van der Waals surface area contributed by atoms with Crippen molar-refractivity contribution < 1.29 is 19.8 Å². The van der Waals surface area contributed by atoms with Crippen molar-refractivity contribution in [3.8, 4) is 0 Å². The third-order valence-corrected chi connectivity index (χ3v) is 5.39. The first kappa shape index (κ1) is 18.3. The quantitative estimate of drug-likeness (QED) is 0.685. The van der Waals surface area contributed by atoms with Crippen LogP contribution >= 0.6 is 0 Å². The summed E-state index contributed by atoms with van der Waals surface area (Å²) in [5.74, 6) is -1.87. The van der Waals surface area contributed by atoms with E-state index in [0.29, 0.717) is 6.54 Å². The minimum atomic E-state index is -0.995. The molecule has 0 radical (unpaired) electrons. The number of carboxylic acids is 2. The molecule has 1 fully saturated rings. The molecule has 1 aromatic heterocycles. The highest BCUT2D eigenvalue weighted by molar-refractivity contribution is 5.96. The fraction of sp³-hybridized carbons (Fsp3) is 0.273. The van der Waals surface area contributed by atoms with Crippen LogP contribution in [0, 0.1) is 0 Å². The molecule has 1 aliphatic rings. The molecule has 2 N–H and O–H groups in total. The van der Waals surface area contributed by atoms with E-state index in [9.17, 15) is 19.8 Å². The standard InChI is InChI=1S/C22H22N2O4/c25-21(26)16-8-9-17-18(20(22(27)28)23-10-4-5-11-23)14-24(19(17)12-16)13-15-6-2-1-3-7-15/h1-3,6-9,12,14,20H,4-5,10-11,13H2,(H,25,26)(H,27,28)/t20-/m0/s1. The maximum atomic E-state index is 12.1. The van der Waals surface area contributed by atoms with Gasteiger partial charge in [0.1, 0.15) is 6.04 Å². The molecule has 6 nitrogen and oxygen atoms in total. The van der Waals surface area contributed by atoms with Gasteiger partial charge in [0.15, 0.2) is 0 Å². The van der Waals surface area contributed by atoms with Gasteiger partial charge in [-0.3, -0.25) is 9.69 Å². The predicted molar refractivity (Wildman–Crippen MR) is 106 cm³/mol. The monoisotopic (exact) mass is 378 g/mol. The second-order valence-electron chi connectivity index (χ2n) is 7.22. The largest absolute Gasteiger partial charge is 0.480 e. The van der Waals surface area contributed by atoms with Crippen LogP contribution in [-0.2, 0) is 11.3 Å². The van der Waals surface area contributed by atoms with Crippen molar-refractivity contribution in [3.05, 3.63) is 71.4 Å². The lowest BCUT2D eigenvalue weighted by atomic mass is 10.0. The number of nitrogens with zero attached hydrogens (tertiary/aromatic N) is 2. The van der Waals surface area contributed by atoms with Gasteiger partial charge in [0, 0.05) is 29.2 Å². The topological polar surface area (TPSA) is 82.8 Å². The number of aromatic nitrogens is 1. The Morgan fingerprint density at radius 3 is 2.36 bits per heavy atom. The van der Waals surface area contributed by atoms with E-state index in [1.54, 1.807) is 18.2 Å². The Hall–Kier alpha value is -3.12. The van der Waals surface area contributed by atoms with E-state index >= 15 is 0 Å². The highest BCUT2D eigenvalue weighted by Gasteiger charge is 2.32. The van der Waals surface area contributed by atoms with Crippen molar-refractivity contribution in [2.45, 2.75) is 25.4 Å². The zero-order valence-electron chi connectivity index (χ0n) is 15.4. The Kier molecular flexibility index (Phi) is 4.88. The molecule has 3 aromatic rings. The number of fused-ring (bicyclic) bond motifs is 1. The number of aromatic carboxylic acids is 1. The van der Waals surface area contributed by atoms with Crippen LogP contribution in [0.25, 0.3) is 10.9 Å². The van der Waals surface area contributed by atoms with Crippen molar-refractivity contribution in [1.82, 2.24) is 9.47 Å². The Balaban J connectivity index is 1.86. The Labute approximate surface area is 162 Å². The zero-order valence-corrected chi connectivity index (χ0v) is 15.4. The second kappa shape index (κ2) is 7.48. The number of hydrogen-bond acceptors (Lipinski definition) is 3. The van der Waals surface area contributed by atoms with Crippen molar-refractivity contribution >= 4 is 22.8 Å². The maximum absolute atomic E-state index is 12.1. The molecule has 0 saturated carbocycles. The maximum Gasteiger partial charge on any atom is 0.335 e. The van der Waals surface area contributed by atoms with E-state index in [2.05, 4.69) is 0 Å². The van der Waals surface area contributed by atoms with Gasteiger partial charge < -0.3 is 14.8 Å². The predicted octanol–water partition coefficient (Wildman–Crippen LogP) is 3.61. The van der Waals surface area contributed by atoms with Crippen LogP contribution < -0.4 is 0 Å². The number of hydrogen-bond donors (Lipinski definition) is 2. The lowest BCUT2D eigenvalue weighted by molar-refractivity contribution is -0.143. The van der Waals surface area contributed by atoms with Gasteiger partial charge in [0.2, 0.25) is 0 Å². The lowest BCUT2D eigenvalue weighted by Gasteiger charge is -2.23. The van der Waals surface area contributed by atoms with Crippen molar-refractivity contribution in [1.29, 1.82) is 0 Å². The molecule has 0 spiro atoms. The third kappa shape index (κ3) is 3.39. The van der Waals surface area contributed by atoms with E-state index in [-0.39, 0.29) is 5.56 Å². The normalized spacial score (nSPS) is 15.7. The molecule has 6 heteroatoms. The number of benzene rings is 2. The zero-order chi connectivity index (χ0) is 19.7. The minimum Gasteiger partial charge on any atom is -0.480 e. The van der Waals surface area contributed by atoms with Crippen molar-refractivity contribution in [3.63, 3.8) is 0 Å². The average molecular weight is 378 g/mol. The van der Waals surface area contributed by atoms with E-state index in [0.717, 1.165) is 48.0 Å². The summed E-state index contributed by atoms with van der Waals surface area (Å²) in [6.45, 7) is 2.07. The molecule has 28 heavy (non-hydrogen) atoms. The SMILES string of the molecule is O=C(O)c1ccc2c([C@@H](C(=O)O)N3CCCC3)cn(Cc3ccccc3)c2c1. The first-order valence-electron chi connectivity index (χ1n) is 9.41. The van der Waals surface area contributed by atoms with Gasteiger partial charge in [-0.25, -0.2) is 4.79 Å². The number of rotatable bonds is 6. The van der Waals surface area contributed by atoms with Gasteiger partial charge in [0.05, 0.1) is 5.56 Å². The molecule has 0 bridgehead atoms. The summed E-state index contributed by atoms with van der Waals surface area (Å²) < 4.78 is 1.96. The number of aliphatic carboxylic acids is 1. The van der Waals surface area contributed by atoms with E-state index in [4.69, 9.17) is 0 Å². The molecule has 4 rings (SSSR count). The summed E-state index contributed by atoms with van der Waals surface area (Å²) in [6.07, 6.45) is 3.87. The van der Waals surface area contributed by atoms with Gasteiger partial charge in [-0.1, -0.05) is 36.4 Å². The summed E-state index contributed by atoms with van der Waals surface area (Å²) >= 11 is 0. The van der Waals surface area contributed by atoms with E-state index in [1.165, 1.54) is 0 Å². The van der Waals surface area contributed by atoms with Crippen LogP contribution in [0.1, 0.15) is 40.4 Å². The molecule has 1 aliphatic heterocycles. The summed E-state index contributed by atoms with van der Waals surface area (Å²) in [7, 11) is 0. The van der Waals surface area contributed by atoms with Crippen LogP contribution in [0.4, 0.5) is 0 Å². The summed E-state index contributed by atoms with van der Waals surface area (Å²) in [5.41, 5.74) is 2.72. The van der Waals surface area contributed by atoms with Crippen LogP contribution in [0.3, 0.4) is 0 Å². The van der Waals surface area contributed by atoms with Gasteiger partial charge in [0.25, 0.3) is 0 Å². The molecule has 144 valence electrons. The molecular formula is C22H22N2O4. The number of likely N-dealkylation sites (tertiary alicyclic amines) is 1. The second-order valence-corrected chi connectivity index (χ2v) is 7.22. The third-order valence-electron chi connectivity index (χ3n) is 5.39. The lowest BCUT2D eigenvalue weighted by Crippen LogP contribution is -2.31. The Bertz CT molecular complexity index is 1020. The fourth-order valence-electron chi connectivity index (χ4n) is 4.07. The van der Waals surface area contributed by atoms with E-state index < -0.39 is 18.0 Å². The molecule has 1 saturated heterocycles. The van der Waals surface area contributed by atoms with Crippen LogP contribution in [0.2, 0.25) is 0 Å². The van der Waals surface area contributed by atoms with Crippen LogP contribution in [0.5, 0.6) is 0 Å². The number of carboxylic acid groups (broad SMARTS) is 2. The van der Waals surface area contributed by atoms with Crippen molar-refractivity contribution in [2.24, 2.45) is 0 Å². The Morgan fingerprint density at radius 2 is 1.71 bits per heavy atom. The summed E-state index contributed by atoms with van der Waals surface area (Å²) in [6, 6.07) is 14.0. The fourth-order valence-corrected chi connectivity index (χ4v) is 4.07. The van der Waals surface area contributed by atoms with Crippen LogP contribution in [-0.4, -0.2) is 44.7 Å². The van der Waals surface area contributed by atoms with Gasteiger partial charge in [-0.2, -0.15) is 0 Å². The minimum absolute atomic E-state index is 0.194. The van der Waals surface area contributed by atoms with Gasteiger partial charge in [-0.05, 0) is 43.6 Å². The molecule has 2 heterocycles. The molecule has 1 atom stereocenters. The average Bonchev–Trinajstić information content (AvgIpc) is 3.32. The van der Waals surface area contributed by atoms with Crippen LogP contribution in [0.15, 0.2) is 54.7 Å². The first-order chi connectivity index (χ1) is 13.5. The highest BCUT2D eigenvalue weighted by atomic mass is 16.4. The van der Waals surface area contributed by atoms with Gasteiger partial charge >= 0.3 is 11.9 Å². The molecule has 0 aliphatic carbocycles. The van der Waals surface area contributed by atoms with Crippen molar-refractivity contribution in [2.75, 3.05) is 13.1 Å². The number of carbonyl (C=O) groups is 2. The Morgan fingerprint density at radius 1 is 1.00 bits per heavy atom. The molecule has 0 unspecified atom stereocenters.